The van der Waals surface area contributed by atoms with Gasteiger partial charge in [0.25, 0.3) is 5.91 Å². The molecule has 0 radical (unpaired) electrons. The summed E-state index contributed by atoms with van der Waals surface area (Å²) in [4.78, 5) is 20.5. The molecule has 0 aliphatic heterocycles. The summed E-state index contributed by atoms with van der Waals surface area (Å²) in [7, 11) is 0. The summed E-state index contributed by atoms with van der Waals surface area (Å²) in [6.07, 6.45) is 11.7. The third-order valence-electron chi connectivity index (χ3n) is 5.23. The Balaban J connectivity index is 1.74. The zero-order valence-electron chi connectivity index (χ0n) is 14.7. The summed E-state index contributed by atoms with van der Waals surface area (Å²) in [5, 5.41) is 16.7. The molecule has 7 heteroatoms. The number of amides is 1. The van der Waals surface area contributed by atoms with Gasteiger partial charge in [-0.3, -0.25) is 4.79 Å². The number of carbonyl (C=O) groups is 1. The van der Waals surface area contributed by atoms with Crippen LogP contribution in [0.3, 0.4) is 0 Å². The fourth-order valence-corrected chi connectivity index (χ4v) is 3.83. The SMILES string of the molecule is NC(=O)c1cnc(NC2CCCCC2)nc1NC1CCCCC(O)C1. The summed E-state index contributed by atoms with van der Waals surface area (Å²) in [6, 6.07) is 0.480. The first kappa shape index (κ1) is 17.9. The van der Waals surface area contributed by atoms with Crippen LogP contribution >= 0.6 is 0 Å². The molecule has 0 aromatic carbocycles. The van der Waals surface area contributed by atoms with E-state index in [-0.39, 0.29) is 12.1 Å². The van der Waals surface area contributed by atoms with Gasteiger partial charge in [-0.15, -0.1) is 0 Å². The number of rotatable bonds is 5. The topological polar surface area (TPSA) is 113 Å². The van der Waals surface area contributed by atoms with Crippen molar-refractivity contribution >= 4 is 17.7 Å². The molecule has 138 valence electrons. The molecule has 2 atom stereocenters. The lowest BCUT2D eigenvalue weighted by Gasteiger charge is -2.24. The molecular weight excluding hydrogens is 318 g/mol. The van der Waals surface area contributed by atoms with Crippen LogP contribution in [0.2, 0.25) is 0 Å². The van der Waals surface area contributed by atoms with E-state index >= 15 is 0 Å². The molecule has 2 unspecified atom stereocenters. The molecule has 2 saturated carbocycles. The van der Waals surface area contributed by atoms with Crippen molar-refractivity contribution in [1.29, 1.82) is 0 Å². The third kappa shape index (κ3) is 5.04. The number of hydrogen-bond donors (Lipinski definition) is 4. The van der Waals surface area contributed by atoms with E-state index in [2.05, 4.69) is 20.6 Å². The minimum absolute atomic E-state index is 0.0908. The Morgan fingerprint density at radius 1 is 1.04 bits per heavy atom. The second kappa shape index (κ2) is 8.47. The van der Waals surface area contributed by atoms with Crippen LogP contribution in [0.15, 0.2) is 6.20 Å². The first-order valence-corrected chi connectivity index (χ1v) is 9.50. The molecule has 1 amide bonds. The van der Waals surface area contributed by atoms with Gasteiger partial charge in [0, 0.05) is 18.3 Å². The summed E-state index contributed by atoms with van der Waals surface area (Å²) in [5.41, 5.74) is 5.78. The summed E-state index contributed by atoms with van der Waals surface area (Å²) < 4.78 is 0. The van der Waals surface area contributed by atoms with Crippen molar-refractivity contribution in [2.24, 2.45) is 5.73 Å². The maximum atomic E-state index is 11.7. The van der Waals surface area contributed by atoms with Crippen LogP contribution in [-0.4, -0.2) is 39.2 Å². The summed E-state index contributed by atoms with van der Waals surface area (Å²) >= 11 is 0. The smallest absolute Gasteiger partial charge is 0.254 e. The van der Waals surface area contributed by atoms with Crippen molar-refractivity contribution < 1.29 is 9.90 Å². The maximum Gasteiger partial charge on any atom is 0.254 e. The van der Waals surface area contributed by atoms with Crippen LogP contribution in [0.4, 0.5) is 11.8 Å². The van der Waals surface area contributed by atoms with Gasteiger partial charge in [-0.05, 0) is 32.1 Å². The minimum atomic E-state index is -0.541. The second-order valence-corrected chi connectivity index (χ2v) is 7.31. The quantitative estimate of drug-likeness (QED) is 0.608. The average Bonchev–Trinajstić information content (AvgIpc) is 2.79. The molecule has 2 fully saturated rings. The Labute approximate surface area is 148 Å². The average molecular weight is 347 g/mol. The minimum Gasteiger partial charge on any atom is -0.393 e. The van der Waals surface area contributed by atoms with Gasteiger partial charge in [0.05, 0.1) is 11.7 Å². The van der Waals surface area contributed by atoms with Gasteiger partial charge in [0.1, 0.15) is 5.82 Å². The molecule has 1 aromatic rings. The maximum absolute atomic E-state index is 11.7. The van der Waals surface area contributed by atoms with E-state index in [1.807, 2.05) is 0 Å². The van der Waals surface area contributed by atoms with E-state index in [9.17, 15) is 9.90 Å². The monoisotopic (exact) mass is 347 g/mol. The van der Waals surface area contributed by atoms with Crippen LogP contribution in [-0.2, 0) is 0 Å². The number of aromatic nitrogens is 2. The molecule has 5 N–H and O–H groups in total. The van der Waals surface area contributed by atoms with Crippen LogP contribution in [0.25, 0.3) is 0 Å². The Morgan fingerprint density at radius 2 is 1.72 bits per heavy atom. The molecule has 7 nitrogen and oxygen atoms in total. The van der Waals surface area contributed by atoms with Crippen LogP contribution in [0, 0.1) is 0 Å². The molecule has 2 aliphatic carbocycles. The number of hydrogen-bond acceptors (Lipinski definition) is 6. The predicted octanol–water partition coefficient (Wildman–Crippen LogP) is 2.43. The van der Waals surface area contributed by atoms with E-state index in [1.54, 1.807) is 0 Å². The van der Waals surface area contributed by atoms with Crippen LogP contribution in [0.1, 0.15) is 74.6 Å². The highest BCUT2D eigenvalue weighted by molar-refractivity contribution is 5.97. The van der Waals surface area contributed by atoms with E-state index in [1.165, 1.54) is 25.5 Å². The number of carbonyl (C=O) groups excluding carboxylic acids is 1. The van der Waals surface area contributed by atoms with Gasteiger partial charge in [0.2, 0.25) is 5.95 Å². The highest BCUT2D eigenvalue weighted by Gasteiger charge is 2.22. The number of nitrogens with two attached hydrogens (primary N) is 1. The number of nitrogens with zero attached hydrogens (tertiary/aromatic N) is 2. The lowest BCUT2D eigenvalue weighted by atomic mass is 9.96. The molecule has 1 heterocycles. The molecule has 2 aliphatic rings. The van der Waals surface area contributed by atoms with Gasteiger partial charge in [0.15, 0.2) is 0 Å². The highest BCUT2D eigenvalue weighted by atomic mass is 16.3. The van der Waals surface area contributed by atoms with Crippen molar-refractivity contribution in [3.05, 3.63) is 11.8 Å². The van der Waals surface area contributed by atoms with Crippen molar-refractivity contribution in [1.82, 2.24) is 9.97 Å². The van der Waals surface area contributed by atoms with Gasteiger partial charge in [-0.25, -0.2) is 4.98 Å². The van der Waals surface area contributed by atoms with Gasteiger partial charge >= 0.3 is 0 Å². The summed E-state index contributed by atoms with van der Waals surface area (Å²) in [6.45, 7) is 0. The van der Waals surface area contributed by atoms with Gasteiger partial charge < -0.3 is 21.5 Å². The fraction of sp³-hybridized carbons (Fsp3) is 0.722. The van der Waals surface area contributed by atoms with Crippen LogP contribution in [0.5, 0.6) is 0 Å². The Kier molecular flexibility index (Phi) is 6.07. The predicted molar refractivity (Wildman–Crippen MR) is 97.5 cm³/mol. The number of aliphatic hydroxyl groups excluding tert-OH is 1. The molecule has 0 spiro atoms. The molecule has 1 aromatic heterocycles. The lowest BCUT2D eigenvalue weighted by Crippen LogP contribution is -2.28. The molecule has 3 rings (SSSR count). The normalized spacial score (nSPS) is 25.2. The van der Waals surface area contributed by atoms with Gasteiger partial charge in [-0.1, -0.05) is 32.1 Å². The fourth-order valence-electron chi connectivity index (χ4n) is 3.83. The third-order valence-corrected chi connectivity index (χ3v) is 5.23. The number of nitrogens with one attached hydrogen (secondary N) is 2. The molecular formula is C18H29N5O2. The highest BCUT2D eigenvalue weighted by Crippen LogP contribution is 2.24. The van der Waals surface area contributed by atoms with E-state index in [0.29, 0.717) is 29.8 Å². The first-order valence-electron chi connectivity index (χ1n) is 9.50. The number of primary amides is 1. The first-order chi connectivity index (χ1) is 12.1. The van der Waals surface area contributed by atoms with E-state index in [0.717, 1.165) is 38.5 Å². The Bertz CT molecular complexity index is 589. The molecule has 0 bridgehead atoms. The number of anilines is 2. The van der Waals surface area contributed by atoms with Crippen molar-refractivity contribution in [2.45, 2.75) is 82.4 Å². The zero-order chi connectivity index (χ0) is 17.6. The Morgan fingerprint density at radius 3 is 2.48 bits per heavy atom. The van der Waals surface area contributed by atoms with E-state index in [4.69, 9.17) is 5.73 Å². The van der Waals surface area contributed by atoms with Crippen molar-refractivity contribution in [2.75, 3.05) is 10.6 Å². The molecule has 0 saturated heterocycles. The van der Waals surface area contributed by atoms with Crippen molar-refractivity contribution in [3.8, 4) is 0 Å². The molecule has 25 heavy (non-hydrogen) atoms. The second-order valence-electron chi connectivity index (χ2n) is 7.31. The van der Waals surface area contributed by atoms with E-state index < -0.39 is 5.91 Å². The lowest BCUT2D eigenvalue weighted by molar-refractivity contribution is 0.100. The Hall–Kier alpha value is -1.89. The van der Waals surface area contributed by atoms with Gasteiger partial charge in [-0.2, -0.15) is 4.98 Å². The largest absolute Gasteiger partial charge is 0.393 e. The summed E-state index contributed by atoms with van der Waals surface area (Å²) in [5.74, 6) is 0.467. The number of aliphatic hydroxyl groups is 1. The zero-order valence-corrected chi connectivity index (χ0v) is 14.7. The standard InChI is InChI=1S/C18H29N5O2/c19-16(25)15-11-20-18(22-12-6-2-1-3-7-12)23-17(15)21-13-8-4-5-9-14(24)10-13/h11-14,24H,1-10H2,(H2,19,25)(H2,20,21,22,23). The van der Waals surface area contributed by atoms with Crippen molar-refractivity contribution in [3.63, 3.8) is 0 Å². The van der Waals surface area contributed by atoms with Crippen LogP contribution < -0.4 is 16.4 Å².